The van der Waals surface area contributed by atoms with E-state index in [9.17, 15) is 0 Å². The minimum atomic E-state index is 0.295. The molecule has 0 saturated heterocycles. The monoisotopic (exact) mass is 329 g/mol. The lowest BCUT2D eigenvalue weighted by atomic mass is 9.47. The fourth-order valence-electron chi connectivity index (χ4n) is 5.88. The Morgan fingerprint density at radius 2 is 2.13 bits per heavy atom. The third-order valence-electron chi connectivity index (χ3n) is 7.21. The Kier molecular flexibility index (Phi) is 4.69. The van der Waals surface area contributed by atoms with Crippen molar-refractivity contribution in [2.75, 3.05) is 6.54 Å². The molecule has 2 heteroatoms. The van der Waals surface area contributed by atoms with Crippen LogP contribution in [0.4, 0.5) is 0 Å². The van der Waals surface area contributed by atoms with Crippen LogP contribution in [-0.2, 0) is 0 Å². The summed E-state index contributed by atoms with van der Waals surface area (Å²) in [5.74, 6) is 2.18. The highest BCUT2D eigenvalue weighted by molar-refractivity contribution is 7.78. The van der Waals surface area contributed by atoms with Crippen molar-refractivity contribution in [3.63, 3.8) is 0 Å². The summed E-state index contributed by atoms with van der Waals surface area (Å²) in [5, 5.41) is 2.61. The second-order valence-corrected chi connectivity index (χ2v) is 9.06. The molecule has 0 aromatic carbocycles. The molecular weight excluding hydrogens is 298 g/mol. The maximum atomic E-state index is 4.84. The van der Waals surface area contributed by atoms with E-state index in [1.165, 1.54) is 38.5 Å². The molecule has 0 unspecified atom stereocenters. The van der Waals surface area contributed by atoms with E-state index in [4.69, 9.17) is 12.2 Å². The zero-order valence-electron chi connectivity index (χ0n) is 15.2. The molecule has 4 atom stereocenters. The van der Waals surface area contributed by atoms with Gasteiger partial charge in [-0.3, -0.25) is 0 Å². The molecule has 0 aliphatic heterocycles. The van der Waals surface area contributed by atoms with Crippen molar-refractivity contribution in [2.24, 2.45) is 33.6 Å². The molecule has 0 aromatic rings. The molecule has 23 heavy (non-hydrogen) atoms. The Morgan fingerprint density at radius 3 is 2.83 bits per heavy atom. The summed E-state index contributed by atoms with van der Waals surface area (Å²) in [7, 11) is 0. The second kappa shape index (κ2) is 6.30. The maximum Gasteiger partial charge on any atom is 0.0585 e. The van der Waals surface area contributed by atoms with Crippen LogP contribution in [0.1, 0.15) is 66.2 Å². The molecule has 1 saturated carbocycles. The minimum Gasteiger partial charge on any atom is -0.232 e. The molecule has 0 amide bonds. The van der Waals surface area contributed by atoms with Gasteiger partial charge in [-0.15, -0.1) is 0 Å². The smallest absolute Gasteiger partial charge is 0.0585 e. The number of rotatable bonds is 3. The molecule has 1 nitrogen and oxygen atoms in total. The van der Waals surface area contributed by atoms with Gasteiger partial charge in [-0.05, 0) is 78.5 Å². The SMILES string of the molecule is CC(C)C1=CC2=CC[C@H]3[C@](C)(CN=C=S)CCC[C@]3(C)[C@H]2CC1. The first-order valence-electron chi connectivity index (χ1n) is 9.35. The topological polar surface area (TPSA) is 12.4 Å². The number of nitrogens with zero attached hydrogens (tertiary/aromatic N) is 1. The molecule has 3 aliphatic carbocycles. The lowest BCUT2D eigenvalue weighted by Gasteiger charge is -2.58. The van der Waals surface area contributed by atoms with Crippen LogP contribution in [0.2, 0.25) is 0 Å². The highest BCUT2D eigenvalue weighted by Crippen LogP contribution is 2.62. The molecule has 0 spiro atoms. The van der Waals surface area contributed by atoms with Crippen LogP contribution in [0.5, 0.6) is 0 Å². The van der Waals surface area contributed by atoms with E-state index in [0.29, 0.717) is 16.7 Å². The summed E-state index contributed by atoms with van der Waals surface area (Å²) < 4.78 is 0. The average Bonchev–Trinajstić information content (AvgIpc) is 2.52. The van der Waals surface area contributed by atoms with E-state index in [1.54, 1.807) is 11.1 Å². The summed E-state index contributed by atoms with van der Waals surface area (Å²) in [6, 6.07) is 0. The third kappa shape index (κ3) is 2.89. The van der Waals surface area contributed by atoms with Gasteiger partial charge in [-0.25, -0.2) is 4.99 Å². The molecule has 3 rings (SSSR count). The third-order valence-corrected chi connectivity index (χ3v) is 7.34. The van der Waals surface area contributed by atoms with Gasteiger partial charge in [-0.1, -0.05) is 51.8 Å². The quantitative estimate of drug-likeness (QED) is 0.442. The summed E-state index contributed by atoms with van der Waals surface area (Å²) >= 11 is 4.84. The van der Waals surface area contributed by atoms with Crippen molar-refractivity contribution in [3.05, 3.63) is 23.3 Å². The van der Waals surface area contributed by atoms with Crippen LogP contribution in [-0.4, -0.2) is 11.7 Å². The van der Waals surface area contributed by atoms with Crippen molar-refractivity contribution >= 4 is 17.4 Å². The van der Waals surface area contributed by atoms with Crippen molar-refractivity contribution in [1.82, 2.24) is 0 Å². The molecule has 3 aliphatic rings. The average molecular weight is 330 g/mol. The zero-order valence-corrected chi connectivity index (χ0v) is 16.0. The van der Waals surface area contributed by atoms with E-state index in [2.05, 4.69) is 50.0 Å². The minimum absolute atomic E-state index is 0.295. The van der Waals surface area contributed by atoms with Crippen molar-refractivity contribution in [2.45, 2.75) is 66.2 Å². The predicted molar refractivity (Wildman–Crippen MR) is 102 cm³/mol. The summed E-state index contributed by atoms with van der Waals surface area (Å²) in [6.45, 7) is 10.5. The molecule has 0 radical (unpaired) electrons. The Morgan fingerprint density at radius 1 is 1.35 bits per heavy atom. The van der Waals surface area contributed by atoms with Gasteiger partial charge in [-0.2, -0.15) is 0 Å². The second-order valence-electron chi connectivity index (χ2n) is 8.88. The molecule has 0 heterocycles. The van der Waals surface area contributed by atoms with Crippen molar-refractivity contribution in [3.8, 4) is 0 Å². The van der Waals surface area contributed by atoms with Gasteiger partial charge in [0.1, 0.15) is 0 Å². The summed E-state index contributed by atoms with van der Waals surface area (Å²) in [5.41, 5.74) is 4.02. The molecule has 0 bridgehead atoms. The highest BCUT2D eigenvalue weighted by atomic mass is 32.1. The zero-order chi connectivity index (χ0) is 16.7. The Bertz CT molecular complexity index is 581. The van der Waals surface area contributed by atoms with Gasteiger partial charge in [0.15, 0.2) is 0 Å². The Labute approximate surface area is 147 Å². The molecule has 1 fully saturated rings. The first-order chi connectivity index (χ1) is 10.9. The van der Waals surface area contributed by atoms with Gasteiger partial charge >= 0.3 is 0 Å². The van der Waals surface area contributed by atoms with Crippen LogP contribution < -0.4 is 0 Å². The number of hydrogen-bond donors (Lipinski definition) is 0. The molecule has 0 aromatic heterocycles. The van der Waals surface area contributed by atoms with Gasteiger partial charge in [0.05, 0.1) is 11.7 Å². The predicted octanol–water partition coefficient (Wildman–Crippen LogP) is 6.22. The van der Waals surface area contributed by atoms with Crippen LogP contribution in [0.3, 0.4) is 0 Å². The maximum absolute atomic E-state index is 4.84. The van der Waals surface area contributed by atoms with Crippen molar-refractivity contribution < 1.29 is 0 Å². The number of fused-ring (bicyclic) bond motifs is 3. The summed E-state index contributed by atoms with van der Waals surface area (Å²) in [4.78, 5) is 4.36. The summed E-state index contributed by atoms with van der Waals surface area (Å²) in [6.07, 6.45) is 12.9. The fraction of sp³-hybridized carbons (Fsp3) is 0.762. The van der Waals surface area contributed by atoms with Crippen molar-refractivity contribution in [1.29, 1.82) is 0 Å². The van der Waals surface area contributed by atoms with E-state index >= 15 is 0 Å². The Hall–Kier alpha value is -0.720. The van der Waals surface area contributed by atoms with Crippen LogP contribution >= 0.6 is 12.2 Å². The highest BCUT2D eigenvalue weighted by Gasteiger charge is 2.54. The van der Waals surface area contributed by atoms with Gasteiger partial charge in [0.2, 0.25) is 0 Å². The van der Waals surface area contributed by atoms with Crippen LogP contribution in [0.15, 0.2) is 28.3 Å². The fourth-order valence-corrected chi connectivity index (χ4v) is 5.94. The number of isothiocyanates is 1. The Balaban J connectivity index is 1.95. The standard InChI is InChI=1S/C21H31NS/c1-15(2)16-6-8-18-17(12-16)7-9-19-20(3,13-22-14-23)10-5-11-21(18,19)4/h7,12,15,18-19H,5-6,8-11,13H2,1-4H3/t18-,19-,20-,21+/m0/s1. The molecule has 0 N–H and O–H groups in total. The molecular formula is C21H31NS. The number of allylic oxidation sites excluding steroid dienone is 4. The van der Waals surface area contributed by atoms with E-state index < -0.39 is 0 Å². The van der Waals surface area contributed by atoms with Gasteiger partial charge in [0, 0.05) is 0 Å². The number of thiocarbonyl (C=S) groups is 1. The lowest BCUT2D eigenvalue weighted by molar-refractivity contribution is -0.0435. The van der Waals surface area contributed by atoms with Crippen LogP contribution in [0, 0.1) is 28.6 Å². The van der Waals surface area contributed by atoms with Crippen LogP contribution in [0.25, 0.3) is 0 Å². The lowest BCUT2D eigenvalue weighted by Crippen LogP contribution is -2.51. The number of hydrogen-bond acceptors (Lipinski definition) is 2. The van der Waals surface area contributed by atoms with E-state index in [0.717, 1.165) is 18.4 Å². The normalized spacial score (nSPS) is 39.7. The van der Waals surface area contributed by atoms with E-state index in [1.807, 2.05) is 0 Å². The molecule has 126 valence electrons. The largest absolute Gasteiger partial charge is 0.232 e. The van der Waals surface area contributed by atoms with Gasteiger partial charge in [0.25, 0.3) is 0 Å². The van der Waals surface area contributed by atoms with Gasteiger partial charge < -0.3 is 0 Å². The number of aliphatic imine (C=N–C) groups is 1. The van der Waals surface area contributed by atoms with E-state index in [-0.39, 0.29) is 0 Å². The first kappa shape index (κ1) is 17.1. The first-order valence-corrected chi connectivity index (χ1v) is 9.76.